The molecule has 2 rings (SSSR count). The van der Waals surface area contributed by atoms with Gasteiger partial charge in [0, 0.05) is 13.0 Å². The van der Waals surface area contributed by atoms with Gasteiger partial charge in [0.05, 0.1) is 13.2 Å². The molecule has 1 heterocycles. The molecule has 0 aliphatic carbocycles. The second-order valence-electron chi connectivity index (χ2n) is 5.19. The number of benzene rings is 1. The van der Waals surface area contributed by atoms with Crippen molar-refractivity contribution in [2.45, 2.75) is 32.3 Å². The van der Waals surface area contributed by atoms with E-state index in [1.807, 2.05) is 12.1 Å². The van der Waals surface area contributed by atoms with E-state index in [-0.39, 0.29) is 6.10 Å². The Morgan fingerprint density at radius 1 is 1.50 bits per heavy atom. The number of piperidine rings is 1. The molecule has 1 aliphatic rings. The first-order valence-corrected chi connectivity index (χ1v) is 6.73. The van der Waals surface area contributed by atoms with Crippen molar-refractivity contribution >= 4 is 0 Å². The maximum Gasteiger partial charge on any atom is 0.122 e. The molecule has 0 radical (unpaired) electrons. The van der Waals surface area contributed by atoms with Gasteiger partial charge in [0.25, 0.3) is 0 Å². The van der Waals surface area contributed by atoms with Gasteiger partial charge in [-0.2, -0.15) is 0 Å². The normalized spacial score (nSPS) is 21.6. The van der Waals surface area contributed by atoms with Crippen molar-refractivity contribution in [2.75, 3.05) is 20.2 Å². The monoisotopic (exact) mass is 249 g/mol. The van der Waals surface area contributed by atoms with Crippen LogP contribution in [0.3, 0.4) is 0 Å². The zero-order valence-electron chi connectivity index (χ0n) is 11.3. The van der Waals surface area contributed by atoms with Crippen molar-refractivity contribution in [1.29, 1.82) is 0 Å². The number of rotatable bonds is 4. The minimum atomic E-state index is -0.284. The molecule has 1 saturated heterocycles. The highest BCUT2D eigenvalue weighted by molar-refractivity contribution is 5.37. The molecule has 1 aliphatic heterocycles. The summed E-state index contributed by atoms with van der Waals surface area (Å²) in [5.74, 6) is 1.24. The van der Waals surface area contributed by atoms with Gasteiger partial charge >= 0.3 is 0 Å². The van der Waals surface area contributed by atoms with Crippen LogP contribution in [0.1, 0.15) is 24.0 Å². The molecule has 0 saturated carbocycles. The number of nitrogens with one attached hydrogen (secondary N) is 1. The number of hydrogen-bond donors (Lipinski definition) is 2. The van der Waals surface area contributed by atoms with Crippen LogP contribution in [0, 0.1) is 12.8 Å². The van der Waals surface area contributed by atoms with E-state index in [0.29, 0.717) is 12.3 Å². The second kappa shape index (κ2) is 6.21. The number of hydrogen-bond acceptors (Lipinski definition) is 3. The molecule has 1 fully saturated rings. The van der Waals surface area contributed by atoms with Crippen LogP contribution in [0.15, 0.2) is 18.2 Å². The fourth-order valence-corrected chi connectivity index (χ4v) is 2.67. The van der Waals surface area contributed by atoms with Gasteiger partial charge in [0.1, 0.15) is 5.75 Å². The lowest BCUT2D eigenvalue weighted by Gasteiger charge is -2.27. The van der Waals surface area contributed by atoms with Crippen LogP contribution in [-0.4, -0.2) is 31.4 Å². The first-order valence-electron chi connectivity index (χ1n) is 6.73. The van der Waals surface area contributed by atoms with E-state index >= 15 is 0 Å². The standard InChI is InChI=1S/C15H23NO2/c1-11-5-6-15(18-2)13(8-11)9-14(17)12-4-3-7-16-10-12/h5-6,8,12,14,16-17H,3-4,7,9-10H2,1-2H3. The van der Waals surface area contributed by atoms with Crippen LogP contribution in [0.5, 0.6) is 5.75 Å². The van der Waals surface area contributed by atoms with Gasteiger partial charge in [-0.05, 0) is 43.9 Å². The van der Waals surface area contributed by atoms with E-state index in [0.717, 1.165) is 37.2 Å². The van der Waals surface area contributed by atoms with Crippen molar-refractivity contribution in [3.63, 3.8) is 0 Å². The van der Waals surface area contributed by atoms with E-state index in [9.17, 15) is 5.11 Å². The van der Waals surface area contributed by atoms with E-state index < -0.39 is 0 Å². The molecule has 18 heavy (non-hydrogen) atoms. The number of ether oxygens (including phenoxy) is 1. The highest BCUT2D eigenvalue weighted by Crippen LogP contribution is 2.24. The first-order chi connectivity index (χ1) is 8.70. The number of aryl methyl sites for hydroxylation is 1. The van der Waals surface area contributed by atoms with Gasteiger partial charge in [-0.15, -0.1) is 0 Å². The molecule has 1 aromatic carbocycles. The molecule has 2 atom stereocenters. The molecule has 0 amide bonds. The maximum absolute atomic E-state index is 10.3. The highest BCUT2D eigenvalue weighted by atomic mass is 16.5. The quantitative estimate of drug-likeness (QED) is 0.856. The van der Waals surface area contributed by atoms with Gasteiger partial charge in [0.15, 0.2) is 0 Å². The zero-order chi connectivity index (χ0) is 13.0. The minimum absolute atomic E-state index is 0.284. The van der Waals surface area contributed by atoms with Gasteiger partial charge in [-0.1, -0.05) is 17.7 Å². The smallest absolute Gasteiger partial charge is 0.122 e. The largest absolute Gasteiger partial charge is 0.496 e. The lowest BCUT2D eigenvalue weighted by atomic mass is 9.89. The average molecular weight is 249 g/mol. The molecule has 0 spiro atoms. The van der Waals surface area contributed by atoms with Crippen molar-refractivity contribution in [3.8, 4) is 5.75 Å². The van der Waals surface area contributed by atoms with Crippen molar-refractivity contribution in [1.82, 2.24) is 5.32 Å². The lowest BCUT2D eigenvalue weighted by Crippen LogP contribution is -2.37. The molecule has 2 unspecified atom stereocenters. The number of methoxy groups -OCH3 is 1. The van der Waals surface area contributed by atoms with Crippen molar-refractivity contribution in [3.05, 3.63) is 29.3 Å². The third kappa shape index (κ3) is 3.24. The number of aliphatic hydroxyl groups is 1. The predicted octanol–water partition coefficient (Wildman–Crippen LogP) is 1.91. The zero-order valence-corrected chi connectivity index (χ0v) is 11.3. The second-order valence-corrected chi connectivity index (χ2v) is 5.19. The van der Waals surface area contributed by atoms with Crippen molar-refractivity contribution in [2.24, 2.45) is 5.92 Å². The minimum Gasteiger partial charge on any atom is -0.496 e. The van der Waals surface area contributed by atoms with E-state index in [1.54, 1.807) is 7.11 Å². The maximum atomic E-state index is 10.3. The van der Waals surface area contributed by atoms with Crippen LogP contribution in [0.25, 0.3) is 0 Å². The Balaban J connectivity index is 2.05. The molecule has 1 aromatic rings. The Kier molecular flexibility index (Phi) is 4.61. The van der Waals surface area contributed by atoms with Gasteiger partial charge < -0.3 is 15.2 Å². The molecule has 3 nitrogen and oxygen atoms in total. The van der Waals surface area contributed by atoms with Crippen LogP contribution < -0.4 is 10.1 Å². The first kappa shape index (κ1) is 13.4. The third-order valence-corrected chi connectivity index (χ3v) is 3.74. The van der Waals surface area contributed by atoms with E-state index in [1.165, 1.54) is 5.56 Å². The molecule has 0 bridgehead atoms. The molecule has 3 heteroatoms. The van der Waals surface area contributed by atoms with Gasteiger partial charge in [0.2, 0.25) is 0 Å². The summed E-state index contributed by atoms with van der Waals surface area (Å²) in [4.78, 5) is 0. The van der Waals surface area contributed by atoms with Crippen LogP contribution >= 0.6 is 0 Å². The Morgan fingerprint density at radius 3 is 3.00 bits per heavy atom. The summed E-state index contributed by atoms with van der Waals surface area (Å²) in [5.41, 5.74) is 2.32. The Morgan fingerprint density at radius 2 is 2.33 bits per heavy atom. The van der Waals surface area contributed by atoms with E-state index in [2.05, 4.69) is 18.3 Å². The lowest BCUT2D eigenvalue weighted by molar-refractivity contribution is 0.0916. The summed E-state index contributed by atoms with van der Waals surface area (Å²) in [6, 6.07) is 6.13. The summed E-state index contributed by atoms with van der Waals surface area (Å²) in [7, 11) is 1.68. The number of aliphatic hydroxyl groups excluding tert-OH is 1. The Labute approximate surface area is 109 Å². The van der Waals surface area contributed by atoms with Crippen LogP contribution in [0.4, 0.5) is 0 Å². The third-order valence-electron chi connectivity index (χ3n) is 3.74. The molecular formula is C15H23NO2. The summed E-state index contributed by atoms with van der Waals surface area (Å²) < 4.78 is 5.36. The summed E-state index contributed by atoms with van der Waals surface area (Å²) >= 11 is 0. The van der Waals surface area contributed by atoms with E-state index in [4.69, 9.17) is 4.74 Å². The van der Waals surface area contributed by atoms with Crippen LogP contribution in [-0.2, 0) is 6.42 Å². The average Bonchev–Trinajstić information content (AvgIpc) is 2.40. The highest BCUT2D eigenvalue weighted by Gasteiger charge is 2.22. The summed E-state index contributed by atoms with van der Waals surface area (Å²) in [5, 5.41) is 13.7. The van der Waals surface area contributed by atoms with Crippen molar-refractivity contribution < 1.29 is 9.84 Å². The van der Waals surface area contributed by atoms with Crippen LogP contribution in [0.2, 0.25) is 0 Å². The topological polar surface area (TPSA) is 41.5 Å². The Hall–Kier alpha value is -1.06. The van der Waals surface area contributed by atoms with Gasteiger partial charge in [-0.3, -0.25) is 0 Å². The summed E-state index contributed by atoms with van der Waals surface area (Å²) in [6.07, 6.45) is 2.67. The molecule has 0 aromatic heterocycles. The fraction of sp³-hybridized carbons (Fsp3) is 0.600. The summed E-state index contributed by atoms with van der Waals surface area (Å²) in [6.45, 7) is 4.07. The Bertz CT molecular complexity index is 386. The molecular weight excluding hydrogens is 226 g/mol. The predicted molar refractivity (Wildman–Crippen MR) is 73.0 cm³/mol. The fourth-order valence-electron chi connectivity index (χ4n) is 2.67. The molecule has 2 N–H and O–H groups in total. The van der Waals surface area contributed by atoms with Gasteiger partial charge in [-0.25, -0.2) is 0 Å². The SMILES string of the molecule is COc1ccc(C)cc1CC(O)C1CCCNC1. The molecule has 100 valence electrons.